The second-order valence-corrected chi connectivity index (χ2v) is 7.48. The molecule has 0 aliphatic carbocycles. The lowest BCUT2D eigenvalue weighted by atomic mass is 10.1. The molecule has 1 saturated heterocycles. The standard InChI is InChI=1S/C13H19N3O4S/c1-21(19,20)8-9-6-10(14)2-3-12(9)16-5-4-11(7-16)15-13(17)18/h2-3,6,11,15H,4-5,7-8,14H2,1H3,(H,17,18)/t11-/m0/s1. The van der Waals surface area contributed by atoms with Gasteiger partial charge in [-0.25, -0.2) is 13.2 Å². The molecule has 1 aromatic rings. The first-order chi connectivity index (χ1) is 9.74. The van der Waals surface area contributed by atoms with Crippen molar-refractivity contribution in [3.8, 4) is 0 Å². The molecule has 0 unspecified atom stereocenters. The van der Waals surface area contributed by atoms with Gasteiger partial charge in [-0.15, -0.1) is 0 Å². The van der Waals surface area contributed by atoms with Crippen LogP contribution in [-0.2, 0) is 15.6 Å². The molecular formula is C13H19N3O4S. The lowest BCUT2D eigenvalue weighted by Crippen LogP contribution is -2.36. The summed E-state index contributed by atoms with van der Waals surface area (Å²) in [6.07, 6.45) is 0.823. The van der Waals surface area contributed by atoms with Crippen LogP contribution in [-0.4, -0.2) is 45.0 Å². The first-order valence-electron chi connectivity index (χ1n) is 6.55. The van der Waals surface area contributed by atoms with E-state index in [1.54, 1.807) is 18.2 Å². The highest BCUT2D eigenvalue weighted by Gasteiger charge is 2.26. The third-order valence-corrected chi connectivity index (χ3v) is 4.21. The summed E-state index contributed by atoms with van der Waals surface area (Å²) in [6.45, 7) is 1.19. The molecule has 0 saturated carbocycles. The van der Waals surface area contributed by atoms with Crippen molar-refractivity contribution in [3.63, 3.8) is 0 Å². The number of hydrogen-bond donors (Lipinski definition) is 3. The van der Waals surface area contributed by atoms with E-state index in [0.717, 1.165) is 5.69 Å². The Bertz CT molecular complexity index is 645. The van der Waals surface area contributed by atoms with E-state index in [1.807, 2.05) is 4.90 Å². The van der Waals surface area contributed by atoms with E-state index in [1.165, 1.54) is 6.26 Å². The Balaban J connectivity index is 2.22. The minimum absolute atomic E-state index is 0.0824. The number of nitrogens with two attached hydrogens (primary N) is 1. The zero-order chi connectivity index (χ0) is 15.6. The van der Waals surface area contributed by atoms with Crippen molar-refractivity contribution < 1.29 is 18.3 Å². The Morgan fingerprint density at radius 1 is 1.52 bits per heavy atom. The minimum atomic E-state index is -3.17. The topological polar surface area (TPSA) is 113 Å². The monoisotopic (exact) mass is 313 g/mol. The van der Waals surface area contributed by atoms with E-state index in [0.29, 0.717) is 30.8 Å². The van der Waals surface area contributed by atoms with Crippen molar-refractivity contribution in [3.05, 3.63) is 23.8 Å². The molecule has 0 aromatic heterocycles. The molecule has 2 rings (SSSR count). The molecular weight excluding hydrogens is 294 g/mol. The molecule has 1 heterocycles. The summed E-state index contributed by atoms with van der Waals surface area (Å²) in [5.74, 6) is -0.0824. The smallest absolute Gasteiger partial charge is 0.404 e. The van der Waals surface area contributed by atoms with Crippen molar-refractivity contribution in [2.45, 2.75) is 18.2 Å². The zero-order valence-corrected chi connectivity index (χ0v) is 12.6. The maximum absolute atomic E-state index is 11.5. The normalized spacial score (nSPS) is 18.7. The molecule has 21 heavy (non-hydrogen) atoms. The third-order valence-electron chi connectivity index (χ3n) is 3.38. The van der Waals surface area contributed by atoms with Crippen LogP contribution in [0.15, 0.2) is 18.2 Å². The van der Waals surface area contributed by atoms with E-state index in [9.17, 15) is 13.2 Å². The average molecular weight is 313 g/mol. The molecule has 4 N–H and O–H groups in total. The maximum Gasteiger partial charge on any atom is 0.404 e. The van der Waals surface area contributed by atoms with E-state index in [-0.39, 0.29) is 11.8 Å². The van der Waals surface area contributed by atoms with E-state index in [2.05, 4.69) is 5.32 Å². The Labute approximate surface area is 123 Å². The molecule has 8 heteroatoms. The van der Waals surface area contributed by atoms with Crippen LogP contribution in [0.25, 0.3) is 0 Å². The lowest BCUT2D eigenvalue weighted by molar-refractivity contribution is 0.191. The van der Waals surface area contributed by atoms with Gasteiger partial charge in [0.1, 0.15) is 0 Å². The number of sulfone groups is 1. The Morgan fingerprint density at radius 2 is 2.24 bits per heavy atom. The van der Waals surface area contributed by atoms with E-state index < -0.39 is 15.9 Å². The quantitative estimate of drug-likeness (QED) is 0.704. The summed E-state index contributed by atoms with van der Waals surface area (Å²) < 4.78 is 23.1. The number of hydrogen-bond acceptors (Lipinski definition) is 5. The van der Waals surface area contributed by atoms with E-state index >= 15 is 0 Å². The molecule has 1 aliphatic rings. The number of amides is 1. The molecule has 1 aromatic carbocycles. The van der Waals surface area contributed by atoms with E-state index in [4.69, 9.17) is 10.8 Å². The fourth-order valence-corrected chi connectivity index (χ4v) is 3.38. The number of nitrogen functional groups attached to an aromatic ring is 1. The van der Waals surface area contributed by atoms with Gasteiger partial charge < -0.3 is 21.1 Å². The van der Waals surface area contributed by atoms with Gasteiger partial charge in [-0.3, -0.25) is 0 Å². The number of carboxylic acid groups (broad SMARTS) is 1. The molecule has 116 valence electrons. The fraction of sp³-hybridized carbons (Fsp3) is 0.462. The van der Waals surface area contributed by atoms with Gasteiger partial charge in [0.2, 0.25) is 0 Å². The van der Waals surface area contributed by atoms with Crippen LogP contribution in [0, 0.1) is 0 Å². The van der Waals surface area contributed by atoms with Crippen molar-refractivity contribution in [1.29, 1.82) is 0 Å². The van der Waals surface area contributed by atoms with Crippen LogP contribution in [0.4, 0.5) is 16.2 Å². The SMILES string of the molecule is CS(=O)(=O)Cc1cc(N)ccc1N1CC[C@H](NC(=O)O)C1. The van der Waals surface area contributed by atoms with Gasteiger partial charge in [-0.1, -0.05) is 0 Å². The van der Waals surface area contributed by atoms with Gasteiger partial charge in [0.15, 0.2) is 9.84 Å². The van der Waals surface area contributed by atoms with Crippen LogP contribution in [0.3, 0.4) is 0 Å². The predicted molar refractivity (Wildman–Crippen MR) is 81.2 cm³/mol. The first kappa shape index (κ1) is 15.4. The number of benzene rings is 1. The van der Waals surface area contributed by atoms with Crippen molar-refractivity contribution >= 4 is 27.3 Å². The summed E-state index contributed by atoms with van der Waals surface area (Å²) in [4.78, 5) is 12.7. The molecule has 0 radical (unpaired) electrons. The van der Waals surface area contributed by atoms with Crippen molar-refractivity contribution in [2.24, 2.45) is 0 Å². The highest BCUT2D eigenvalue weighted by Crippen LogP contribution is 2.28. The van der Waals surface area contributed by atoms with Crippen LogP contribution in [0.5, 0.6) is 0 Å². The summed E-state index contributed by atoms with van der Waals surface area (Å²) in [5.41, 5.74) is 7.69. The predicted octanol–water partition coefficient (Wildman–Crippen LogP) is 0.660. The molecule has 1 fully saturated rings. The number of rotatable bonds is 4. The summed E-state index contributed by atoms with van der Waals surface area (Å²) in [5, 5.41) is 11.2. The van der Waals surface area contributed by atoms with Gasteiger partial charge in [0, 0.05) is 30.7 Å². The van der Waals surface area contributed by atoms with Crippen LogP contribution < -0.4 is 16.0 Å². The largest absolute Gasteiger partial charge is 0.465 e. The number of nitrogens with zero attached hydrogens (tertiary/aromatic N) is 1. The summed E-state index contributed by atoms with van der Waals surface area (Å²) in [6, 6.07) is 5.03. The molecule has 0 spiro atoms. The number of nitrogens with one attached hydrogen (secondary N) is 1. The van der Waals surface area contributed by atoms with Crippen LogP contribution in [0.1, 0.15) is 12.0 Å². The number of carbonyl (C=O) groups is 1. The molecule has 1 aliphatic heterocycles. The Morgan fingerprint density at radius 3 is 2.86 bits per heavy atom. The molecule has 1 amide bonds. The van der Waals surface area contributed by atoms with Crippen molar-refractivity contribution in [1.82, 2.24) is 5.32 Å². The van der Waals surface area contributed by atoms with Gasteiger partial charge >= 0.3 is 6.09 Å². The van der Waals surface area contributed by atoms with Crippen molar-refractivity contribution in [2.75, 3.05) is 30.0 Å². The van der Waals surface area contributed by atoms with Gasteiger partial charge in [0.05, 0.1) is 11.8 Å². The van der Waals surface area contributed by atoms with Crippen LogP contribution >= 0.6 is 0 Å². The van der Waals surface area contributed by atoms with Crippen LogP contribution in [0.2, 0.25) is 0 Å². The average Bonchev–Trinajstić information content (AvgIpc) is 2.74. The van der Waals surface area contributed by atoms with Gasteiger partial charge in [0.25, 0.3) is 0 Å². The highest BCUT2D eigenvalue weighted by molar-refractivity contribution is 7.89. The zero-order valence-electron chi connectivity index (χ0n) is 11.7. The lowest BCUT2D eigenvalue weighted by Gasteiger charge is -2.22. The molecule has 7 nitrogen and oxygen atoms in total. The van der Waals surface area contributed by atoms with Gasteiger partial charge in [-0.05, 0) is 30.2 Å². The number of anilines is 2. The maximum atomic E-state index is 11.5. The first-order valence-corrected chi connectivity index (χ1v) is 8.61. The fourth-order valence-electron chi connectivity index (χ4n) is 2.58. The highest BCUT2D eigenvalue weighted by atomic mass is 32.2. The second-order valence-electron chi connectivity index (χ2n) is 5.34. The Kier molecular flexibility index (Phi) is 4.26. The molecule has 1 atom stereocenters. The second kappa shape index (κ2) is 5.80. The summed E-state index contributed by atoms with van der Waals surface area (Å²) in [7, 11) is -3.17. The van der Waals surface area contributed by atoms with Gasteiger partial charge in [-0.2, -0.15) is 0 Å². The third kappa shape index (κ3) is 4.25. The Hall–Kier alpha value is -1.96. The summed E-state index contributed by atoms with van der Waals surface area (Å²) >= 11 is 0. The molecule has 0 bridgehead atoms. The minimum Gasteiger partial charge on any atom is -0.465 e.